The quantitative estimate of drug-likeness (QED) is 0.704. The Labute approximate surface area is 135 Å². The van der Waals surface area contributed by atoms with Crippen LogP contribution in [0.2, 0.25) is 5.02 Å². The fourth-order valence-electron chi connectivity index (χ4n) is 3.80. The lowest BCUT2D eigenvalue weighted by molar-refractivity contribution is 0.194. The second-order valence-corrected chi connectivity index (χ2v) is 6.99. The standard InChI is InChI=1S/C19H30ClN/c1-3-7-15-10-11-19(21-12-4-2)17(13-15)14-16-8-5-6-9-18(16)20/h5-6,8-9,15,17,19,21H,3-4,7,10-14H2,1-2H3. The minimum absolute atomic E-state index is 0.675. The lowest BCUT2D eigenvalue weighted by atomic mass is 9.74. The van der Waals surface area contributed by atoms with E-state index in [2.05, 4.69) is 31.3 Å². The molecule has 1 aromatic carbocycles. The number of hydrogen-bond acceptors (Lipinski definition) is 1. The van der Waals surface area contributed by atoms with Gasteiger partial charge in [-0.05, 0) is 62.1 Å². The first-order valence-corrected chi connectivity index (χ1v) is 9.09. The Morgan fingerprint density at radius 3 is 2.67 bits per heavy atom. The van der Waals surface area contributed by atoms with Crippen molar-refractivity contribution in [1.82, 2.24) is 5.32 Å². The van der Waals surface area contributed by atoms with Crippen molar-refractivity contribution in [3.8, 4) is 0 Å². The van der Waals surface area contributed by atoms with E-state index in [1.165, 1.54) is 44.1 Å². The molecule has 0 amide bonds. The lowest BCUT2D eigenvalue weighted by Crippen LogP contribution is -2.42. The maximum absolute atomic E-state index is 6.37. The zero-order valence-electron chi connectivity index (χ0n) is 13.6. The van der Waals surface area contributed by atoms with Gasteiger partial charge in [-0.3, -0.25) is 0 Å². The van der Waals surface area contributed by atoms with Crippen molar-refractivity contribution in [3.05, 3.63) is 34.9 Å². The summed E-state index contributed by atoms with van der Waals surface area (Å²) in [4.78, 5) is 0. The Kier molecular flexibility index (Phi) is 7.06. The molecule has 0 saturated heterocycles. The van der Waals surface area contributed by atoms with Gasteiger partial charge >= 0.3 is 0 Å². The van der Waals surface area contributed by atoms with Crippen molar-refractivity contribution in [2.24, 2.45) is 11.8 Å². The van der Waals surface area contributed by atoms with E-state index >= 15 is 0 Å². The number of nitrogens with one attached hydrogen (secondary N) is 1. The SMILES string of the molecule is CCCNC1CCC(CCC)CC1Cc1ccccc1Cl. The third-order valence-electron chi connectivity index (χ3n) is 4.88. The fourth-order valence-corrected chi connectivity index (χ4v) is 4.02. The number of benzene rings is 1. The van der Waals surface area contributed by atoms with Crippen LogP contribution in [0.5, 0.6) is 0 Å². The van der Waals surface area contributed by atoms with Gasteiger partial charge in [0.2, 0.25) is 0 Å². The molecule has 0 aliphatic heterocycles. The van der Waals surface area contributed by atoms with E-state index in [1.807, 2.05) is 12.1 Å². The maximum atomic E-state index is 6.37. The second kappa shape index (κ2) is 8.80. The molecule has 2 rings (SSSR count). The summed E-state index contributed by atoms with van der Waals surface area (Å²) in [5.41, 5.74) is 1.32. The molecule has 1 aliphatic carbocycles. The molecule has 0 aromatic heterocycles. The highest BCUT2D eigenvalue weighted by Crippen LogP contribution is 2.35. The summed E-state index contributed by atoms with van der Waals surface area (Å²) >= 11 is 6.37. The van der Waals surface area contributed by atoms with Gasteiger partial charge in [0.1, 0.15) is 0 Å². The van der Waals surface area contributed by atoms with Crippen molar-refractivity contribution in [1.29, 1.82) is 0 Å². The third kappa shape index (κ3) is 5.00. The van der Waals surface area contributed by atoms with Crippen molar-refractivity contribution < 1.29 is 0 Å². The van der Waals surface area contributed by atoms with Gasteiger partial charge in [-0.2, -0.15) is 0 Å². The average Bonchev–Trinajstić information content (AvgIpc) is 2.49. The Morgan fingerprint density at radius 2 is 1.95 bits per heavy atom. The first-order chi connectivity index (χ1) is 10.2. The van der Waals surface area contributed by atoms with Crippen LogP contribution in [-0.4, -0.2) is 12.6 Å². The van der Waals surface area contributed by atoms with Crippen LogP contribution in [0, 0.1) is 11.8 Å². The summed E-state index contributed by atoms with van der Waals surface area (Å²) in [5.74, 6) is 1.66. The van der Waals surface area contributed by atoms with Gasteiger partial charge in [0.05, 0.1) is 0 Å². The molecule has 1 aliphatic rings. The van der Waals surface area contributed by atoms with Gasteiger partial charge in [0, 0.05) is 11.1 Å². The van der Waals surface area contributed by atoms with Crippen LogP contribution >= 0.6 is 11.6 Å². The Morgan fingerprint density at radius 1 is 1.14 bits per heavy atom. The minimum atomic E-state index is 0.675. The Bertz CT molecular complexity index is 418. The normalized spacial score (nSPS) is 26.0. The van der Waals surface area contributed by atoms with Crippen LogP contribution in [0.1, 0.15) is 57.9 Å². The zero-order valence-corrected chi connectivity index (χ0v) is 14.3. The van der Waals surface area contributed by atoms with Crippen molar-refractivity contribution in [2.45, 2.75) is 64.8 Å². The molecule has 0 radical (unpaired) electrons. The van der Waals surface area contributed by atoms with Gasteiger partial charge in [-0.1, -0.05) is 56.5 Å². The van der Waals surface area contributed by atoms with E-state index < -0.39 is 0 Å². The summed E-state index contributed by atoms with van der Waals surface area (Å²) in [6.07, 6.45) is 9.14. The molecule has 0 heterocycles. The summed E-state index contributed by atoms with van der Waals surface area (Å²) in [5, 5.41) is 4.72. The molecule has 3 atom stereocenters. The lowest BCUT2D eigenvalue weighted by Gasteiger charge is -2.37. The minimum Gasteiger partial charge on any atom is -0.314 e. The molecule has 0 bridgehead atoms. The van der Waals surface area contributed by atoms with E-state index in [1.54, 1.807) is 0 Å². The Hall–Kier alpha value is -0.530. The number of halogens is 1. The molecule has 1 nitrogen and oxygen atoms in total. The summed E-state index contributed by atoms with van der Waals surface area (Å²) in [6.45, 7) is 5.70. The van der Waals surface area contributed by atoms with Gasteiger partial charge in [0.25, 0.3) is 0 Å². The predicted octanol–water partition coefficient (Wildman–Crippen LogP) is 5.47. The van der Waals surface area contributed by atoms with Crippen LogP contribution in [0.25, 0.3) is 0 Å². The summed E-state index contributed by atoms with van der Waals surface area (Å²) < 4.78 is 0. The van der Waals surface area contributed by atoms with Crippen molar-refractivity contribution in [2.75, 3.05) is 6.54 Å². The topological polar surface area (TPSA) is 12.0 Å². The molecule has 2 heteroatoms. The van der Waals surface area contributed by atoms with E-state index in [-0.39, 0.29) is 0 Å². The molecule has 1 N–H and O–H groups in total. The predicted molar refractivity (Wildman–Crippen MR) is 93.0 cm³/mol. The van der Waals surface area contributed by atoms with E-state index in [4.69, 9.17) is 11.6 Å². The Balaban J connectivity index is 2.03. The van der Waals surface area contributed by atoms with Crippen molar-refractivity contribution >= 4 is 11.6 Å². The highest BCUT2D eigenvalue weighted by molar-refractivity contribution is 6.31. The molecular formula is C19H30ClN. The smallest absolute Gasteiger partial charge is 0.0438 e. The fraction of sp³-hybridized carbons (Fsp3) is 0.684. The molecule has 1 aromatic rings. The average molecular weight is 308 g/mol. The molecule has 3 unspecified atom stereocenters. The summed E-state index contributed by atoms with van der Waals surface area (Å²) in [7, 11) is 0. The molecular weight excluding hydrogens is 278 g/mol. The molecule has 21 heavy (non-hydrogen) atoms. The number of rotatable bonds is 7. The van der Waals surface area contributed by atoms with Crippen LogP contribution in [0.4, 0.5) is 0 Å². The largest absolute Gasteiger partial charge is 0.314 e. The van der Waals surface area contributed by atoms with E-state index in [0.717, 1.165) is 29.8 Å². The van der Waals surface area contributed by atoms with Gasteiger partial charge < -0.3 is 5.32 Å². The van der Waals surface area contributed by atoms with Crippen LogP contribution in [0.3, 0.4) is 0 Å². The van der Waals surface area contributed by atoms with E-state index in [9.17, 15) is 0 Å². The molecule has 118 valence electrons. The molecule has 0 spiro atoms. The first kappa shape index (κ1) is 16.8. The van der Waals surface area contributed by atoms with Gasteiger partial charge in [0.15, 0.2) is 0 Å². The maximum Gasteiger partial charge on any atom is 0.0438 e. The number of hydrogen-bond donors (Lipinski definition) is 1. The van der Waals surface area contributed by atoms with Crippen LogP contribution in [0.15, 0.2) is 24.3 Å². The third-order valence-corrected chi connectivity index (χ3v) is 5.25. The highest BCUT2D eigenvalue weighted by atomic mass is 35.5. The molecule has 1 saturated carbocycles. The first-order valence-electron chi connectivity index (χ1n) is 8.71. The van der Waals surface area contributed by atoms with Crippen LogP contribution in [-0.2, 0) is 6.42 Å². The zero-order chi connectivity index (χ0) is 15.1. The van der Waals surface area contributed by atoms with Crippen molar-refractivity contribution in [3.63, 3.8) is 0 Å². The monoisotopic (exact) mass is 307 g/mol. The van der Waals surface area contributed by atoms with E-state index in [0.29, 0.717) is 6.04 Å². The summed E-state index contributed by atoms with van der Waals surface area (Å²) in [6, 6.07) is 9.04. The van der Waals surface area contributed by atoms with Gasteiger partial charge in [-0.15, -0.1) is 0 Å². The second-order valence-electron chi connectivity index (χ2n) is 6.58. The van der Waals surface area contributed by atoms with Crippen LogP contribution < -0.4 is 5.32 Å². The van der Waals surface area contributed by atoms with Gasteiger partial charge in [-0.25, -0.2) is 0 Å². The molecule has 1 fully saturated rings. The highest BCUT2D eigenvalue weighted by Gasteiger charge is 2.30.